The van der Waals surface area contributed by atoms with Crippen molar-refractivity contribution in [3.8, 4) is 5.75 Å². The summed E-state index contributed by atoms with van der Waals surface area (Å²) in [5.74, 6) is -0.798. The zero-order valence-corrected chi connectivity index (χ0v) is 13.2. The summed E-state index contributed by atoms with van der Waals surface area (Å²) in [7, 11) is 4.06. The van der Waals surface area contributed by atoms with Gasteiger partial charge in [-0.05, 0) is 42.6 Å². The topological polar surface area (TPSA) is 26.7 Å². The molecule has 0 amide bonds. The van der Waals surface area contributed by atoms with E-state index in [4.69, 9.17) is 0 Å². The van der Waals surface area contributed by atoms with Gasteiger partial charge in [-0.1, -0.05) is 12.1 Å². The summed E-state index contributed by atoms with van der Waals surface area (Å²) >= 11 is 1.67. The summed E-state index contributed by atoms with van der Waals surface area (Å²) in [5, 5.41) is 14.0. The molecule has 0 unspecified atom stereocenters. The van der Waals surface area contributed by atoms with Crippen molar-refractivity contribution in [1.82, 2.24) is 9.80 Å². The molecule has 0 saturated heterocycles. The van der Waals surface area contributed by atoms with Crippen molar-refractivity contribution in [2.24, 2.45) is 0 Å². The zero-order chi connectivity index (χ0) is 15.2. The highest BCUT2D eigenvalue weighted by atomic mass is 32.1. The second-order valence-corrected chi connectivity index (χ2v) is 6.17. The van der Waals surface area contributed by atoms with Crippen LogP contribution in [0.4, 0.5) is 4.39 Å². The number of hydrogen-bond donors (Lipinski definition) is 1. The maximum Gasteiger partial charge on any atom is 0.165 e. The number of nitrogens with zero attached hydrogens (tertiary/aromatic N) is 2. The molecule has 2 rings (SSSR count). The number of rotatable bonds is 7. The molecule has 1 N–H and O–H groups in total. The molecule has 0 aliphatic carbocycles. The Morgan fingerprint density at radius 1 is 1.14 bits per heavy atom. The fourth-order valence-corrected chi connectivity index (χ4v) is 2.78. The molecule has 0 atom stereocenters. The first-order valence-electron chi connectivity index (χ1n) is 6.91. The lowest BCUT2D eigenvalue weighted by Gasteiger charge is -2.24. The van der Waals surface area contributed by atoms with Crippen LogP contribution in [0.2, 0.25) is 0 Å². The Bertz CT molecular complexity index is 557. The van der Waals surface area contributed by atoms with Crippen molar-refractivity contribution in [3.63, 3.8) is 0 Å². The number of phenols is 1. The number of thiophene rings is 1. The molecule has 0 aliphatic rings. The molecule has 0 bridgehead atoms. The van der Waals surface area contributed by atoms with Gasteiger partial charge in [0.15, 0.2) is 11.6 Å². The van der Waals surface area contributed by atoms with Gasteiger partial charge in [-0.3, -0.25) is 4.90 Å². The normalized spacial score (nSPS) is 11.5. The minimum Gasteiger partial charge on any atom is -0.505 e. The van der Waals surface area contributed by atoms with E-state index in [0.717, 1.165) is 19.6 Å². The smallest absolute Gasteiger partial charge is 0.165 e. The van der Waals surface area contributed by atoms with Crippen molar-refractivity contribution in [1.29, 1.82) is 0 Å². The van der Waals surface area contributed by atoms with Gasteiger partial charge >= 0.3 is 0 Å². The van der Waals surface area contributed by atoms with Crippen LogP contribution in [0.15, 0.2) is 35.0 Å². The molecule has 0 radical (unpaired) electrons. The molecule has 0 saturated carbocycles. The number of aromatic hydroxyl groups is 1. The van der Waals surface area contributed by atoms with Crippen LogP contribution < -0.4 is 0 Å². The molecular formula is C16H21FN2OS. The van der Waals surface area contributed by atoms with E-state index in [1.807, 2.05) is 14.1 Å². The van der Waals surface area contributed by atoms with Crippen LogP contribution in [0.25, 0.3) is 0 Å². The van der Waals surface area contributed by atoms with Crippen LogP contribution >= 0.6 is 11.3 Å². The van der Waals surface area contributed by atoms with E-state index in [9.17, 15) is 9.50 Å². The molecule has 1 aromatic carbocycles. The maximum atomic E-state index is 13.4. The molecule has 1 aromatic heterocycles. The summed E-state index contributed by atoms with van der Waals surface area (Å²) in [6, 6.07) is 6.79. The van der Waals surface area contributed by atoms with Crippen molar-refractivity contribution in [3.05, 3.63) is 52.0 Å². The predicted octanol–water partition coefficient (Wildman–Crippen LogP) is 3.16. The van der Waals surface area contributed by atoms with Gasteiger partial charge in [0.1, 0.15) is 0 Å². The third-order valence-electron chi connectivity index (χ3n) is 3.31. The average Bonchev–Trinajstić information content (AvgIpc) is 2.94. The molecule has 5 heteroatoms. The Morgan fingerprint density at radius 3 is 2.62 bits per heavy atom. The molecule has 3 nitrogen and oxygen atoms in total. The van der Waals surface area contributed by atoms with Gasteiger partial charge < -0.3 is 10.0 Å². The Labute approximate surface area is 129 Å². The van der Waals surface area contributed by atoms with Crippen LogP contribution in [0, 0.1) is 5.82 Å². The number of halogens is 1. The number of phenolic OH excluding ortho intramolecular Hbond substituents is 1. The number of likely N-dealkylation sites (N-methyl/N-ethyl adjacent to an activating group) is 1. The lowest BCUT2D eigenvalue weighted by Crippen LogP contribution is -2.31. The second kappa shape index (κ2) is 7.54. The summed E-state index contributed by atoms with van der Waals surface area (Å²) in [5.41, 5.74) is 1.87. The van der Waals surface area contributed by atoms with Crippen molar-refractivity contribution in [2.45, 2.75) is 13.1 Å². The first kappa shape index (κ1) is 15.9. The molecule has 0 aliphatic heterocycles. The van der Waals surface area contributed by atoms with E-state index in [-0.39, 0.29) is 5.75 Å². The van der Waals surface area contributed by atoms with Gasteiger partial charge in [0.25, 0.3) is 0 Å². The van der Waals surface area contributed by atoms with Gasteiger partial charge in [-0.2, -0.15) is 11.3 Å². The summed E-state index contributed by atoms with van der Waals surface area (Å²) < 4.78 is 13.4. The highest BCUT2D eigenvalue weighted by molar-refractivity contribution is 7.07. The zero-order valence-electron chi connectivity index (χ0n) is 12.4. The van der Waals surface area contributed by atoms with Gasteiger partial charge in [-0.15, -0.1) is 0 Å². The monoisotopic (exact) mass is 308 g/mol. The summed E-state index contributed by atoms with van der Waals surface area (Å²) in [4.78, 5) is 4.34. The molecule has 1 heterocycles. The highest BCUT2D eigenvalue weighted by Crippen LogP contribution is 2.23. The van der Waals surface area contributed by atoms with Gasteiger partial charge in [0.05, 0.1) is 0 Å². The van der Waals surface area contributed by atoms with E-state index in [1.165, 1.54) is 11.6 Å². The van der Waals surface area contributed by atoms with Gasteiger partial charge in [0, 0.05) is 31.7 Å². The number of hydrogen-bond acceptors (Lipinski definition) is 4. The standard InChI is InChI=1S/C16H21FN2OS/c1-18(2)7-8-19(10-13-6-9-21-12-13)11-14-4-3-5-15(17)16(14)20/h3-6,9,12,20H,7-8,10-11H2,1-2H3. The van der Waals surface area contributed by atoms with E-state index in [2.05, 4.69) is 26.6 Å². The van der Waals surface area contributed by atoms with Gasteiger partial charge in [0.2, 0.25) is 0 Å². The molecular weight excluding hydrogens is 287 g/mol. The molecule has 0 fully saturated rings. The Hall–Kier alpha value is -1.43. The Balaban J connectivity index is 2.08. The minimum atomic E-state index is -0.560. The van der Waals surface area contributed by atoms with E-state index in [0.29, 0.717) is 12.1 Å². The van der Waals surface area contributed by atoms with E-state index < -0.39 is 5.82 Å². The first-order valence-corrected chi connectivity index (χ1v) is 7.85. The third-order valence-corrected chi connectivity index (χ3v) is 4.05. The van der Waals surface area contributed by atoms with E-state index >= 15 is 0 Å². The van der Waals surface area contributed by atoms with Crippen LogP contribution in [-0.4, -0.2) is 42.1 Å². The van der Waals surface area contributed by atoms with Crippen LogP contribution in [0.3, 0.4) is 0 Å². The number of benzene rings is 1. The average molecular weight is 308 g/mol. The number of para-hydroxylation sites is 1. The maximum absolute atomic E-state index is 13.4. The lowest BCUT2D eigenvalue weighted by molar-refractivity contribution is 0.223. The summed E-state index contributed by atoms with van der Waals surface area (Å²) in [6.45, 7) is 3.11. The fourth-order valence-electron chi connectivity index (χ4n) is 2.12. The van der Waals surface area contributed by atoms with Gasteiger partial charge in [-0.25, -0.2) is 4.39 Å². The van der Waals surface area contributed by atoms with Crippen LogP contribution in [0.1, 0.15) is 11.1 Å². The SMILES string of the molecule is CN(C)CCN(Cc1ccsc1)Cc1cccc(F)c1O. The van der Waals surface area contributed by atoms with Crippen molar-refractivity contribution < 1.29 is 9.50 Å². The third kappa shape index (κ3) is 4.81. The first-order chi connectivity index (χ1) is 10.1. The minimum absolute atomic E-state index is 0.238. The predicted molar refractivity (Wildman–Crippen MR) is 85.1 cm³/mol. The van der Waals surface area contributed by atoms with Crippen LogP contribution in [-0.2, 0) is 13.1 Å². The Morgan fingerprint density at radius 2 is 1.95 bits per heavy atom. The van der Waals surface area contributed by atoms with Crippen LogP contribution in [0.5, 0.6) is 5.75 Å². The largest absolute Gasteiger partial charge is 0.505 e. The van der Waals surface area contributed by atoms with E-state index in [1.54, 1.807) is 23.5 Å². The highest BCUT2D eigenvalue weighted by Gasteiger charge is 2.12. The van der Waals surface area contributed by atoms with Crippen molar-refractivity contribution in [2.75, 3.05) is 27.2 Å². The molecule has 21 heavy (non-hydrogen) atoms. The van der Waals surface area contributed by atoms with Crippen molar-refractivity contribution >= 4 is 11.3 Å². The molecule has 0 spiro atoms. The lowest BCUT2D eigenvalue weighted by atomic mass is 10.1. The molecule has 114 valence electrons. The Kier molecular flexibility index (Phi) is 5.73. The fraction of sp³-hybridized carbons (Fsp3) is 0.375. The quantitative estimate of drug-likeness (QED) is 0.851. The molecule has 2 aromatic rings. The second-order valence-electron chi connectivity index (χ2n) is 5.39. The summed E-state index contributed by atoms with van der Waals surface area (Å²) in [6.07, 6.45) is 0.